The van der Waals surface area contributed by atoms with Gasteiger partial charge in [-0.2, -0.15) is 30.7 Å². The molecule has 0 bridgehead atoms. The van der Waals surface area contributed by atoms with Gasteiger partial charge in [0.1, 0.15) is 6.04 Å². The fourth-order valence-corrected chi connectivity index (χ4v) is 1.38. The van der Waals surface area contributed by atoms with E-state index in [-0.39, 0.29) is 13.0 Å². The first kappa shape index (κ1) is 22.9. The molecule has 0 aromatic rings. The molecule has 1 atom stereocenters. The Morgan fingerprint density at radius 3 is 2.00 bits per heavy atom. The van der Waals surface area contributed by atoms with Gasteiger partial charge in [0.25, 0.3) is 5.91 Å². The van der Waals surface area contributed by atoms with Gasteiger partial charge >= 0.3 is 24.0 Å². The largest absolute Gasteiger partial charge is 0.550 e. The molecule has 25 heavy (non-hydrogen) atoms. The van der Waals surface area contributed by atoms with Gasteiger partial charge in [-0.05, 0) is 19.3 Å². The number of carboxylic acid groups (broad SMARTS) is 1. The first-order valence-electron chi connectivity index (χ1n) is 6.68. The summed E-state index contributed by atoms with van der Waals surface area (Å²) in [5, 5.41) is 11.3. The maximum absolute atomic E-state index is 13.2. The summed E-state index contributed by atoms with van der Waals surface area (Å²) in [6.45, 7) is 1.23. The van der Waals surface area contributed by atoms with Crippen molar-refractivity contribution in [3.63, 3.8) is 0 Å². The average molecular weight is 384 g/mol. The molecule has 1 N–H and O–H groups in total. The minimum absolute atomic E-state index is 0.231. The van der Waals surface area contributed by atoms with Crippen LogP contribution in [0, 0.1) is 0 Å². The van der Waals surface area contributed by atoms with Crippen molar-refractivity contribution in [1.82, 2.24) is 5.32 Å². The lowest BCUT2D eigenvalue weighted by Gasteiger charge is -2.28. The summed E-state index contributed by atoms with van der Waals surface area (Å²) in [7, 11) is 0. The molecule has 1 amide bonds. The van der Waals surface area contributed by atoms with Crippen molar-refractivity contribution in [2.45, 2.75) is 50.2 Å². The zero-order chi connectivity index (χ0) is 20.1. The Kier molecular flexibility index (Phi) is 7.64. The van der Waals surface area contributed by atoms with Crippen molar-refractivity contribution in [3.8, 4) is 0 Å². The highest BCUT2D eigenvalue weighted by Gasteiger charge is 2.76. The molecular weight excluding hydrogens is 371 g/mol. The molecule has 0 aliphatic carbocycles. The predicted octanol–water partition coefficient (Wildman–Crippen LogP) is 0.787. The lowest BCUT2D eigenvalue weighted by molar-refractivity contribution is -0.344. The molecule has 0 saturated carbocycles. The molecular formula is C12H13F7NO5-. The van der Waals surface area contributed by atoms with E-state index in [4.69, 9.17) is 0 Å². The minimum Gasteiger partial charge on any atom is -0.550 e. The quantitative estimate of drug-likeness (QED) is 0.469. The van der Waals surface area contributed by atoms with Crippen LogP contribution in [0.2, 0.25) is 0 Å². The topological polar surface area (TPSA) is 95.5 Å². The SMILES string of the molecule is CCCOC(=O)[C@H](CCC(=O)[O-])NC(=O)C(F)(F)C(F)(F)C(F)(F)F. The van der Waals surface area contributed by atoms with Crippen LogP contribution in [-0.4, -0.2) is 48.5 Å². The van der Waals surface area contributed by atoms with Crippen molar-refractivity contribution in [2.75, 3.05) is 6.61 Å². The zero-order valence-corrected chi connectivity index (χ0v) is 12.6. The van der Waals surface area contributed by atoms with E-state index in [1.165, 1.54) is 6.92 Å². The Bertz CT molecular complexity index is 507. The Morgan fingerprint density at radius 2 is 1.60 bits per heavy atom. The number of hydrogen-bond acceptors (Lipinski definition) is 5. The van der Waals surface area contributed by atoms with Gasteiger partial charge in [0, 0.05) is 5.97 Å². The Balaban J connectivity index is 5.35. The second-order valence-corrected chi connectivity index (χ2v) is 4.75. The molecule has 0 aliphatic rings. The number of amides is 1. The Labute approximate surface area is 136 Å². The van der Waals surface area contributed by atoms with E-state index in [1.54, 1.807) is 0 Å². The highest BCUT2D eigenvalue weighted by atomic mass is 19.4. The predicted molar refractivity (Wildman–Crippen MR) is 63.4 cm³/mol. The van der Waals surface area contributed by atoms with Crippen LogP contribution >= 0.6 is 0 Å². The van der Waals surface area contributed by atoms with E-state index in [0.717, 1.165) is 5.32 Å². The highest BCUT2D eigenvalue weighted by molar-refractivity contribution is 5.89. The van der Waals surface area contributed by atoms with Gasteiger partial charge in [-0.3, -0.25) is 4.79 Å². The van der Waals surface area contributed by atoms with Gasteiger partial charge in [-0.25, -0.2) is 4.79 Å². The maximum Gasteiger partial charge on any atom is 0.460 e. The van der Waals surface area contributed by atoms with Crippen molar-refractivity contribution in [3.05, 3.63) is 0 Å². The molecule has 0 aliphatic heterocycles. The van der Waals surface area contributed by atoms with Gasteiger partial charge in [0.15, 0.2) is 0 Å². The zero-order valence-electron chi connectivity index (χ0n) is 12.6. The van der Waals surface area contributed by atoms with E-state index in [1.807, 2.05) is 0 Å². The Morgan fingerprint density at radius 1 is 1.08 bits per heavy atom. The standard InChI is InChI=1S/C12H14F7NO5/c1-2-5-25-8(23)6(3-4-7(21)22)20-9(24)10(13,14)11(15,16)12(17,18)19/h6H,2-5H2,1H3,(H,20,24)(H,21,22)/p-1/t6-/m0/s1. The number of alkyl halides is 7. The third-order valence-electron chi connectivity index (χ3n) is 2.71. The third kappa shape index (κ3) is 5.74. The van der Waals surface area contributed by atoms with Gasteiger partial charge < -0.3 is 20.0 Å². The molecule has 0 aromatic carbocycles. The summed E-state index contributed by atoms with van der Waals surface area (Å²) in [4.78, 5) is 33.0. The number of carboxylic acids is 1. The van der Waals surface area contributed by atoms with Crippen LogP contribution in [0.5, 0.6) is 0 Å². The van der Waals surface area contributed by atoms with Crippen LogP contribution in [0.3, 0.4) is 0 Å². The summed E-state index contributed by atoms with van der Waals surface area (Å²) < 4.78 is 92.4. The summed E-state index contributed by atoms with van der Waals surface area (Å²) in [6, 6.07) is -2.17. The second-order valence-electron chi connectivity index (χ2n) is 4.75. The number of carbonyl (C=O) groups excluding carboxylic acids is 3. The van der Waals surface area contributed by atoms with Crippen molar-refractivity contribution >= 4 is 17.8 Å². The van der Waals surface area contributed by atoms with E-state index in [9.17, 15) is 50.2 Å². The lowest BCUT2D eigenvalue weighted by atomic mass is 10.1. The normalized spacial score (nSPS) is 13.9. The number of ether oxygens (including phenoxy) is 1. The molecule has 6 nitrogen and oxygen atoms in total. The van der Waals surface area contributed by atoms with Crippen LogP contribution in [0.25, 0.3) is 0 Å². The Hall–Kier alpha value is -2.08. The monoisotopic (exact) mass is 384 g/mol. The molecule has 0 rings (SSSR count). The summed E-state index contributed by atoms with van der Waals surface area (Å²) in [6.07, 6.45) is -8.40. The van der Waals surface area contributed by atoms with E-state index in [0.29, 0.717) is 0 Å². The van der Waals surface area contributed by atoms with Crippen LogP contribution in [0.1, 0.15) is 26.2 Å². The number of halogens is 7. The number of aliphatic carboxylic acids is 1. The minimum atomic E-state index is -6.74. The number of nitrogens with one attached hydrogen (secondary N) is 1. The lowest BCUT2D eigenvalue weighted by Crippen LogP contribution is -2.61. The molecule has 146 valence electrons. The fraction of sp³-hybridized carbons (Fsp3) is 0.750. The van der Waals surface area contributed by atoms with Gasteiger partial charge in [0.05, 0.1) is 6.61 Å². The molecule has 0 saturated heterocycles. The average Bonchev–Trinajstić information content (AvgIpc) is 2.46. The van der Waals surface area contributed by atoms with Crippen LogP contribution in [-0.2, 0) is 19.1 Å². The molecule has 0 heterocycles. The maximum atomic E-state index is 13.2. The molecule has 13 heteroatoms. The highest BCUT2D eigenvalue weighted by Crippen LogP contribution is 2.46. The van der Waals surface area contributed by atoms with Crippen LogP contribution in [0.15, 0.2) is 0 Å². The van der Waals surface area contributed by atoms with Gasteiger partial charge in [-0.1, -0.05) is 6.92 Å². The van der Waals surface area contributed by atoms with Crippen LogP contribution < -0.4 is 10.4 Å². The number of hydrogen-bond donors (Lipinski definition) is 1. The molecule has 0 spiro atoms. The first-order chi connectivity index (χ1) is 11.2. The molecule has 0 fully saturated rings. The van der Waals surface area contributed by atoms with E-state index >= 15 is 0 Å². The summed E-state index contributed by atoms with van der Waals surface area (Å²) >= 11 is 0. The second kappa shape index (κ2) is 8.34. The van der Waals surface area contributed by atoms with E-state index < -0.39 is 54.8 Å². The number of carbonyl (C=O) groups is 3. The van der Waals surface area contributed by atoms with Crippen molar-refractivity contribution in [2.24, 2.45) is 0 Å². The first-order valence-corrected chi connectivity index (χ1v) is 6.68. The molecule has 0 unspecified atom stereocenters. The molecule has 0 radical (unpaired) electrons. The third-order valence-corrected chi connectivity index (χ3v) is 2.71. The van der Waals surface area contributed by atoms with Crippen molar-refractivity contribution in [1.29, 1.82) is 0 Å². The fourth-order valence-electron chi connectivity index (χ4n) is 1.38. The van der Waals surface area contributed by atoms with E-state index in [2.05, 4.69) is 4.74 Å². The van der Waals surface area contributed by atoms with Gasteiger partial charge in [-0.15, -0.1) is 0 Å². The molecule has 0 aromatic heterocycles. The van der Waals surface area contributed by atoms with Gasteiger partial charge in [0.2, 0.25) is 0 Å². The number of esters is 1. The van der Waals surface area contributed by atoms with Crippen molar-refractivity contribution < 1.29 is 55.0 Å². The number of rotatable bonds is 9. The van der Waals surface area contributed by atoms with Crippen LogP contribution in [0.4, 0.5) is 30.7 Å². The summed E-state index contributed by atoms with van der Waals surface area (Å²) in [5.74, 6) is -19.3. The smallest absolute Gasteiger partial charge is 0.460 e. The summed E-state index contributed by atoms with van der Waals surface area (Å²) in [5.41, 5.74) is 0.